The number of hydrogen-bond acceptors (Lipinski definition) is 3. The Labute approximate surface area is 155 Å². The van der Waals surface area contributed by atoms with Gasteiger partial charge in [-0.1, -0.05) is 12.1 Å². The molecule has 0 saturated heterocycles. The van der Waals surface area contributed by atoms with Crippen molar-refractivity contribution in [2.45, 2.75) is 31.0 Å². The lowest BCUT2D eigenvalue weighted by Gasteiger charge is -2.36. The van der Waals surface area contributed by atoms with E-state index in [4.69, 9.17) is 4.74 Å². The van der Waals surface area contributed by atoms with Crippen molar-refractivity contribution < 1.29 is 22.7 Å². The van der Waals surface area contributed by atoms with Crippen LogP contribution >= 0.6 is 0 Å². The number of hydrogen-bond donors (Lipinski definition) is 1. The molecule has 4 nitrogen and oxygen atoms in total. The van der Waals surface area contributed by atoms with Crippen LogP contribution in [-0.2, 0) is 11.0 Å². The Morgan fingerprint density at radius 3 is 2.56 bits per heavy atom. The third-order valence-electron chi connectivity index (χ3n) is 4.59. The summed E-state index contributed by atoms with van der Waals surface area (Å²) in [5.74, 6) is 0.564. The predicted octanol–water partition coefficient (Wildman–Crippen LogP) is 4.18. The fourth-order valence-corrected chi connectivity index (χ4v) is 3.01. The van der Waals surface area contributed by atoms with E-state index < -0.39 is 11.7 Å². The van der Waals surface area contributed by atoms with Crippen LogP contribution in [0.5, 0.6) is 5.75 Å². The Kier molecular flexibility index (Phi) is 5.48. The van der Waals surface area contributed by atoms with Crippen molar-refractivity contribution in [2.24, 2.45) is 0 Å². The molecule has 0 atom stereocenters. The third-order valence-corrected chi connectivity index (χ3v) is 4.59. The van der Waals surface area contributed by atoms with Gasteiger partial charge >= 0.3 is 6.18 Å². The second kappa shape index (κ2) is 7.82. The van der Waals surface area contributed by atoms with E-state index in [1.165, 1.54) is 18.2 Å². The molecule has 27 heavy (non-hydrogen) atoms. The SMILES string of the molecule is COc1cncc(/C=C/C(=O)NC2CC(c3ccc(C(F)(F)F)cc3)C2)c1. The molecule has 1 aliphatic rings. The van der Waals surface area contributed by atoms with Gasteiger partial charge in [-0.25, -0.2) is 0 Å². The van der Waals surface area contributed by atoms with Crippen molar-refractivity contribution in [1.82, 2.24) is 10.3 Å². The van der Waals surface area contributed by atoms with Crippen LogP contribution in [0.3, 0.4) is 0 Å². The highest BCUT2D eigenvalue weighted by Gasteiger charge is 2.33. The zero-order valence-corrected chi connectivity index (χ0v) is 14.7. The van der Waals surface area contributed by atoms with Gasteiger partial charge in [-0.2, -0.15) is 13.2 Å². The van der Waals surface area contributed by atoms with Crippen LogP contribution in [0.25, 0.3) is 6.08 Å². The van der Waals surface area contributed by atoms with Crippen LogP contribution in [0, 0.1) is 0 Å². The van der Waals surface area contributed by atoms with E-state index in [1.807, 2.05) is 0 Å². The molecule has 1 saturated carbocycles. The smallest absolute Gasteiger partial charge is 0.416 e. The third kappa shape index (κ3) is 4.87. The molecule has 0 unspecified atom stereocenters. The van der Waals surface area contributed by atoms with Crippen molar-refractivity contribution in [3.8, 4) is 5.75 Å². The van der Waals surface area contributed by atoms with Crippen LogP contribution in [0.1, 0.15) is 35.4 Å². The minimum atomic E-state index is -4.32. The first-order valence-corrected chi connectivity index (χ1v) is 8.50. The van der Waals surface area contributed by atoms with Crippen molar-refractivity contribution in [1.29, 1.82) is 0 Å². The summed E-state index contributed by atoms with van der Waals surface area (Å²) in [6.45, 7) is 0. The number of ether oxygens (including phenoxy) is 1. The van der Waals surface area contributed by atoms with E-state index >= 15 is 0 Å². The van der Waals surface area contributed by atoms with Gasteiger partial charge in [0.25, 0.3) is 0 Å². The molecule has 0 bridgehead atoms. The summed E-state index contributed by atoms with van der Waals surface area (Å²) < 4.78 is 42.9. The molecule has 1 N–H and O–H groups in total. The minimum absolute atomic E-state index is 0.0258. The molecule has 1 heterocycles. The summed E-state index contributed by atoms with van der Waals surface area (Å²) in [5, 5.41) is 2.89. The molecule has 1 amide bonds. The lowest BCUT2D eigenvalue weighted by atomic mass is 9.75. The summed E-state index contributed by atoms with van der Waals surface area (Å²) in [6, 6.07) is 7.03. The number of aromatic nitrogens is 1. The Morgan fingerprint density at radius 2 is 1.93 bits per heavy atom. The first kappa shape index (κ1) is 18.9. The molecule has 3 rings (SSSR count). The highest BCUT2D eigenvalue weighted by Crippen LogP contribution is 2.38. The van der Waals surface area contributed by atoms with Gasteiger partial charge in [0, 0.05) is 18.3 Å². The topological polar surface area (TPSA) is 51.2 Å². The van der Waals surface area contributed by atoms with Gasteiger partial charge < -0.3 is 10.1 Å². The van der Waals surface area contributed by atoms with E-state index in [2.05, 4.69) is 10.3 Å². The quantitative estimate of drug-likeness (QED) is 0.797. The van der Waals surface area contributed by atoms with Crippen molar-refractivity contribution in [2.75, 3.05) is 7.11 Å². The van der Waals surface area contributed by atoms with E-state index in [1.54, 1.807) is 31.6 Å². The molecule has 1 aliphatic carbocycles. The number of pyridine rings is 1. The van der Waals surface area contributed by atoms with E-state index in [9.17, 15) is 18.0 Å². The monoisotopic (exact) mass is 376 g/mol. The number of benzene rings is 1. The molecular formula is C20H19F3N2O2. The fraction of sp³-hybridized carbons (Fsp3) is 0.300. The molecule has 7 heteroatoms. The number of halogens is 3. The van der Waals surface area contributed by atoms with Gasteiger partial charge in [0.2, 0.25) is 5.91 Å². The Morgan fingerprint density at radius 1 is 1.22 bits per heavy atom. The molecule has 1 aromatic carbocycles. The van der Waals surface area contributed by atoms with Crippen LogP contribution < -0.4 is 10.1 Å². The summed E-state index contributed by atoms with van der Waals surface area (Å²) in [6.07, 6.45) is 3.39. The molecule has 142 valence electrons. The van der Waals surface area contributed by atoms with Gasteiger partial charge in [-0.3, -0.25) is 9.78 Å². The normalized spacial score (nSPS) is 19.6. The van der Waals surface area contributed by atoms with Crippen LogP contribution in [0.15, 0.2) is 48.8 Å². The van der Waals surface area contributed by atoms with Gasteiger partial charge in [0.1, 0.15) is 5.75 Å². The Balaban J connectivity index is 1.48. The van der Waals surface area contributed by atoms with E-state index in [0.717, 1.165) is 23.3 Å². The van der Waals surface area contributed by atoms with Gasteiger partial charge in [0.05, 0.1) is 18.9 Å². The summed E-state index contributed by atoms with van der Waals surface area (Å²) in [7, 11) is 1.54. The first-order chi connectivity index (χ1) is 12.8. The molecule has 2 aromatic rings. The number of carbonyl (C=O) groups is 1. The minimum Gasteiger partial charge on any atom is -0.495 e. The molecule has 0 spiro atoms. The number of amides is 1. The molecule has 1 fully saturated rings. The maximum Gasteiger partial charge on any atom is 0.416 e. The maximum atomic E-state index is 12.6. The molecule has 0 aliphatic heterocycles. The maximum absolute atomic E-state index is 12.6. The highest BCUT2D eigenvalue weighted by molar-refractivity contribution is 5.92. The number of alkyl halides is 3. The standard InChI is InChI=1S/C20H19F3N2O2/c1-27-18-8-13(11-24-12-18)2-7-19(26)25-17-9-15(10-17)14-3-5-16(6-4-14)20(21,22)23/h2-8,11-12,15,17H,9-10H2,1H3,(H,25,26)/b7-2+. The van der Waals surface area contributed by atoms with Crippen molar-refractivity contribution in [3.63, 3.8) is 0 Å². The van der Waals surface area contributed by atoms with Gasteiger partial charge in [0.15, 0.2) is 0 Å². The Bertz CT molecular complexity index is 826. The van der Waals surface area contributed by atoms with Crippen LogP contribution in [0.2, 0.25) is 0 Å². The Hall–Kier alpha value is -2.83. The molecule has 1 aromatic heterocycles. The number of carbonyl (C=O) groups excluding carboxylic acids is 1. The lowest BCUT2D eigenvalue weighted by Crippen LogP contribution is -2.42. The summed E-state index contributed by atoms with van der Waals surface area (Å²) >= 11 is 0. The van der Waals surface area contributed by atoms with Gasteiger partial charge in [-0.15, -0.1) is 0 Å². The summed E-state index contributed by atoms with van der Waals surface area (Å²) in [4.78, 5) is 16.0. The zero-order valence-electron chi connectivity index (χ0n) is 14.7. The van der Waals surface area contributed by atoms with Crippen molar-refractivity contribution >= 4 is 12.0 Å². The largest absolute Gasteiger partial charge is 0.495 e. The van der Waals surface area contributed by atoms with E-state index in [0.29, 0.717) is 18.6 Å². The number of methoxy groups -OCH3 is 1. The summed E-state index contributed by atoms with van der Waals surface area (Å²) in [5.41, 5.74) is 0.972. The van der Waals surface area contributed by atoms with E-state index in [-0.39, 0.29) is 17.9 Å². The van der Waals surface area contributed by atoms with Crippen LogP contribution in [-0.4, -0.2) is 24.0 Å². The van der Waals surface area contributed by atoms with Gasteiger partial charge in [-0.05, 0) is 54.2 Å². The predicted molar refractivity (Wildman–Crippen MR) is 95.2 cm³/mol. The fourth-order valence-electron chi connectivity index (χ4n) is 3.01. The molecular weight excluding hydrogens is 357 g/mol. The second-order valence-electron chi connectivity index (χ2n) is 6.49. The number of rotatable bonds is 5. The number of nitrogens with one attached hydrogen (secondary N) is 1. The molecule has 0 radical (unpaired) electrons. The van der Waals surface area contributed by atoms with Crippen molar-refractivity contribution in [3.05, 3.63) is 65.5 Å². The van der Waals surface area contributed by atoms with Crippen LogP contribution in [0.4, 0.5) is 13.2 Å². The zero-order chi connectivity index (χ0) is 19.4. The number of nitrogens with zero attached hydrogens (tertiary/aromatic N) is 1. The average molecular weight is 376 g/mol. The average Bonchev–Trinajstić information content (AvgIpc) is 2.62. The lowest BCUT2D eigenvalue weighted by molar-refractivity contribution is -0.137. The second-order valence-corrected chi connectivity index (χ2v) is 6.49. The first-order valence-electron chi connectivity index (χ1n) is 8.50. The highest BCUT2D eigenvalue weighted by atomic mass is 19.4.